The quantitative estimate of drug-likeness (QED) is 0.671. The lowest BCUT2D eigenvalue weighted by atomic mass is 9.98. The van der Waals surface area contributed by atoms with Crippen molar-refractivity contribution in [3.05, 3.63) is 27.1 Å². The monoisotopic (exact) mass is 338 g/mol. The Kier molecular flexibility index (Phi) is 3.18. The van der Waals surface area contributed by atoms with Gasteiger partial charge in [0.05, 0.1) is 22.3 Å². The third-order valence-electron chi connectivity index (χ3n) is 3.80. The fraction of sp³-hybridized carbons (Fsp3) is 0.385. The van der Waals surface area contributed by atoms with Crippen LogP contribution >= 0.6 is 15.9 Å². The molecule has 2 aromatic rings. The number of anilines is 1. The van der Waals surface area contributed by atoms with E-state index in [9.17, 15) is 9.59 Å². The zero-order chi connectivity index (χ0) is 14.3. The summed E-state index contributed by atoms with van der Waals surface area (Å²) in [4.78, 5) is 28.9. The van der Waals surface area contributed by atoms with Crippen molar-refractivity contribution in [2.45, 2.75) is 31.2 Å². The number of hydrogen-bond acceptors (Lipinski definition) is 3. The van der Waals surface area contributed by atoms with Gasteiger partial charge in [-0.2, -0.15) is 0 Å². The third kappa shape index (κ3) is 2.27. The van der Waals surface area contributed by atoms with E-state index in [0.717, 1.165) is 12.8 Å². The van der Waals surface area contributed by atoms with Crippen LogP contribution in [0.1, 0.15) is 25.7 Å². The van der Waals surface area contributed by atoms with E-state index in [1.807, 2.05) is 0 Å². The molecule has 0 atom stereocenters. The van der Waals surface area contributed by atoms with Crippen molar-refractivity contribution in [1.29, 1.82) is 0 Å². The molecule has 1 aliphatic rings. The number of H-pyrrole nitrogens is 2. The fourth-order valence-electron chi connectivity index (χ4n) is 2.63. The minimum atomic E-state index is -0.778. The van der Waals surface area contributed by atoms with Crippen LogP contribution in [0.2, 0.25) is 0 Å². The molecule has 20 heavy (non-hydrogen) atoms. The zero-order valence-electron chi connectivity index (χ0n) is 10.8. The average molecular weight is 339 g/mol. The molecule has 1 heterocycles. The van der Waals surface area contributed by atoms with Gasteiger partial charge in [0.15, 0.2) is 0 Å². The molecule has 6 nitrogen and oxygen atoms in total. The molecule has 7 heteroatoms. The van der Waals surface area contributed by atoms with E-state index >= 15 is 0 Å². The Labute approximate surface area is 123 Å². The van der Waals surface area contributed by atoms with E-state index in [0.29, 0.717) is 34.0 Å². The summed E-state index contributed by atoms with van der Waals surface area (Å²) >= 11 is 3.39. The molecule has 0 spiro atoms. The molecular formula is C13H15BrN4O2. The number of carbonyl (C=O) groups is 1. The molecule has 3 rings (SSSR count). The van der Waals surface area contributed by atoms with E-state index in [1.54, 1.807) is 12.1 Å². The van der Waals surface area contributed by atoms with Crippen LogP contribution in [0.3, 0.4) is 0 Å². The van der Waals surface area contributed by atoms with Crippen LogP contribution < -0.4 is 16.7 Å². The Morgan fingerprint density at radius 2 is 1.85 bits per heavy atom. The van der Waals surface area contributed by atoms with Crippen molar-refractivity contribution in [1.82, 2.24) is 9.97 Å². The highest BCUT2D eigenvalue weighted by atomic mass is 79.9. The Hall–Kier alpha value is -1.60. The number of rotatable bonds is 2. The first-order valence-corrected chi connectivity index (χ1v) is 7.29. The lowest BCUT2D eigenvalue weighted by molar-refractivity contribution is -0.121. The molecular weight excluding hydrogens is 324 g/mol. The van der Waals surface area contributed by atoms with Gasteiger partial charge in [-0.25, -0.2) is 4.79 Å². The smallest absolute Gasteiger partial charge is 0.323 e. The normalized spacial score (nSPS) is 17.5. The second-order valence-corrected chi connectivity index (χ2v) is 6.13. The van der Waals surface area contributed by atoms with Gasteiger partial charge in [-0.05, 0) is 40.9 Å². The summed E-state index contributed by atoms with van der Waals surface area (Å²) in [6, 6.07) is 3.47. The summed E-state index contributed by atoms with van der Waals surface area (Å²) in [6.07, 6.45) is 3.38. The van der Waals surface area contributed by atoms with Crippen LogP contribution in [-0.2, 0) is 4.79 Å². The minimum Gasteiger partial charge on any atom is -0.323 e. The van der Waals surface area contributed by atoms with Gasteiger partial charge in [-0.1, -0.05) is 12.8 Å². The lowest BCUT2D eigenvalue weighted by Gasteiger charge is -2.22. The first kappa shape index (κ1) is 13.4. The zero-order valence-corrected chi connectivity index (χ0v) is 12.3. The molecule has 0 aliphatic heterocycles. The van der Waals surface area contributed by atoms with Gasteiger partial charge in [0.25, 0.3) is 0 Å². The van der Waals surface area contributed by atoms with Crippen LogP contribution in [0.25, 0.3) is 11.0 Å². The number of imidazole rings is 1. The SMILES string of the molecule is NC1(C(=O)Nc2cc3[nH]c(=O)[nH]c3cc2Br)CCCC1. The second-order valence-electron chi connectivity index (χ2n) is 5.27. The van der Waals surface area contributed by atoms with Gasteiger partial charge in [0.2, 0.25) is 5.91 Å². The molecule has 0 radical (unpaired) electrons. The summed E-state index contributed by atoms with van der Waals surface area (Å²) in [5.74, 6) is -0.173. The first-order chi connectivity index (χ1) is 9.48. The number of carbonyl (C=O) groups excluding carboxylic acids is 1. The molecule has 0 saturated heterocycles. The number of benzene rings is 1. The number of aromatic nitrogens is 2. The van der Waals surface area contributed by atoms with Crippen LogP contribution in [0.4, 0.5) is 5.69 Å². The number of halogens is 1. The van der Waals surface area contributed by atoms with Crippen molar-refractivity contribution in [2.24, 2.45) is 5.73 Å². The van der Waals surface area contributed by atoms with Crippen molar-refractivity contribution in [3.63, 3.8) is 0 Å². The number of hydrogen-bond donors (Lipinski definition) is 4. The van der Waals surface area contributed by atoms with Gasteiger partial charge in [-0.3, -0.25) is 4.79 Å². The Bertz CT molecular complexity index is 728. The van der Waals surface area contributed by atoms with Crippen LogP contribution in [0.15, 0.2) is 21.4 Å². The minimum absolute atomic E-state index is 0.173. The predicted octanol–water partition coefficient (Wildman–Crippen LogP) is 1.83. The Morgan fingerprint density at radius 1 is 1.25 bits per heavy atom. The summed E-state index contributed by atoms with van der Waals surface area (Å²) in [5, 5.41) is 2.85. The third-order valence-corrected chi connectivity index (χ3v) is 4.46. The van der Waals surface area contributed by atoms with E-state index < -0.39 is 5.54 Å². The predicted molar refractivity (Wildman–Crippen MR) is 80.6 cm³/mol. The maximum absolute atomic E-state index is 12.3. The fourth-order valence-corrected chi connectivity index (χ4v) is 3.07. The summed E-state index contributed by atoms with van der Waals surface area (Å²) in [5.41, 5.74) is 7.01. The second kappa shape index (κ2) is 4.75. The van der Waals surface area contributed by atoms with Crippen molar-refractivity contribution in [3.8, 4) is 0 Å². The molecule has 1 aliphatic carbocycles. The van der Waals surface area contributed by atoms with Crippen LogP contribution in [0, 0.1) is 0 Å². The molecule has 1 fully saturated rings. The molecule has 1 aromatic heterocycles. The molecule has 1 saturated carbocycles. The molecule has 5 N–H and O–H groups in total. The van der Waals surface area contributed by atoms with E-state index in [4.69, 9.17) is 5.73 Å². The van der Waals surface area contributed by atoms with E-state index in [1.165, 1.54) is 0 Å². The van der Waals surface area contributed by atoms with Gasteiger partial charge in [-0.15, -0.1) is 0 Å². The maximum atomic E-state index is 12.3. The van der Waals surface area contributed by atoms with Crippen LogP contribution in [-0.4, -0.2) is 21.4 Å². The number of nitrogens with two attached hydrogens (primary N) is 1. The average Bonchev–Trinajstić information content (AvgIpc) is 2.96. The number of amides is 1. The highest BCUT2D eigenvalue weighted by Gasteiger charge is 2.37. The number of fused-ring (bicyclic) bond motifs is 1. The number of aromatic amines is 2. The summed E-state index contributed by atoms with van der Waals surface area (Å²) in [6.45, 7) is 0. The molecule has 1 amide bonds. The molecule has 0 unspecified atom stereocenters. The highest BCUT2D eigenvalue weighted by Crippen LogP contribution is 2.31. The van der Waals surface area contributed by atoms with Gasteiger partial charge in [0.1, 0.15) is 0 Å². The Morgan fingerprint density at radius 3 is 2.50 bits per heavy atom. The van der Waals surface area contributed by atoms with Gasteiger partial charge in [0, 0.05) is 4.47 Å². The lowest BCUT2D eigenvalue weighted by Crippen LogP contribution is -2.48. The topological polar surface area (TPSA) is 104 Å². The van der Waals surface area contributed by atoms with E-state index in [-0.39, 0.29) is 11.6 Å². The van der Waals surface area contributed by atoms with Crippen LogP contribution in [0.5, 0.6) is 0 Å². The van der Waals surface area contributed by atoms with Crippen molar-refractivity contribution >= 4 is 38.6 Å². The maximum Gasteiger partial charge on any atom is 0.323 e. The highest BCUT2D eigenvalue weighted by molar-refractivity contribution is 9.10. The summed E-state index contributed by atoms with van der Waals surface area (Å²) in [7, 11) is 0. The summed E-state index contributed by atoms with van der Waals surface area (Å²) < 4.78 is 0.704. The standard InChI is InChI=1S/C13H15BrN4O2/c14-7-5-9-10(18-12(20)17-9)6-8(7)16-11(19)13(15)3-1-2-4-13/h5-6H,1-4,15H2,(H,16,19)(H2,17,18,20). The molecule has 1 aromatic carbocycles. The van der Waals surface area contributed by atoms with Crippen molar-refractivity contribution < 1.29 is 4.79 Å². The first-order valence-electron chi connectivity index (χ1n) is 6.50. The van der Waals surface area contributed by atoms with E-state index in [2.05, 4.69) is 31.2 Å². The Balaban J connectivity index is 1.92. The molecule has 106 valence electrons. The van der Waals surface area contributed by atoms with Gasteiger partial charge < -0.3 is 21.0 Å². The van der Waals surface area contributed by atoms with Crippen molar-refractivity contribution in [2.75, 3.05) is 5.32 Å². The number of nitrogens with one attached hydrogen (secondary N) is 3. The van der Waals surface area contributed by atoms with Gasteiger partial charge >= 0.3 is 5.69 Å². The largest absolute Gasteiger partial charge is 0.323 e. The molecule has 0 bridgehead atoms.